The number of hydrogen-bond donors (Lipinski definition) is 0. The van der Waals surface area contributed by atoms with Crippen LogP contribution in [0.5, 0.6) is 5.75 Å². The number of nitriles is 1. The van der Waals surface area contributed by atoms with Gasteiger partial charge in [0, 0.05) is 13.1 Å². The van der Waals surface area contributed by atoms with Gasteiger partial charge in [-0.25, -0.2) is 0 Å². The van der Waals surface area contributed by atoms with E-state index in [4.69, 9.17) is 10.00 Å². The van der Waals surface area contributed by atoms with E-state index in [1.807, 2.05) is 6.07 Å². The van der Waals surface area contributed by atoms with Crippen LogP contribution in [0.2, 0.25) is 0 Å². The molecule has 0 unspecified atom stereocenters. The summed E-state index contributed by atoms with van der Waals surface area (Å²) in [5, 5.41) is 8.86. The van der Waals surface area contributed by atoms with Crippen molar-refractivity contribution in [3.05, 3.63) is 29.8 Å². The van der Waals surface area contributed by atoms with Crippen LogP contribution in [-0.4, -0.2) is 37.8 Å². The molecule has 110 valence electrons. The van der Waals surface area contributed by atoms with Crippen molar-refractivity contribution in [2.45, 2.75) is 19.0 Å². The van der Waals surface area contributed by atoms with Crippen LogP contribution >= 0.6 is 0 Å². The molecule has 1 rings (SSSR count). The van der Waals surface area contributed by atoms with E-state index in [9.17, 15) is 13.2 Å². The molecule has 0 aromatic heterocycles. The molecule has 0 aliphatic carbocycles. The summed E-state index contributed by atoms with van der Waals surface area (Å²) in [5.74, 6) is 0.507. The van der Waals surface area contributed by atoms with Crippen molar-refractivity contribution in [1.82, 2.24) is 4.90 Å². The second-order valence-corrected chi connectivity index (χ2v) is 4.48. The van der Waals surface area contributed by atoms with Crippen molar-refractivity contribution in [3.63, 3.8) is 0 Å². The van der Waals surface area contributed by atoms with Gasteiger partial charge in [0.2, 0.25) is 0 Å². The van der Waals surface area contributed by atoms with Gasteiger partial charge >= 0.3 is 6.18 Å². The molecule has 0 radical (unpaired) electrons. The van der Waals surface area contributed by atoms with E-state index >= 15 is 0 Å². The molecule has 0 saturated heterocycles. The van der Waals surface area contributed by atoms with Crippen LogP contribution in [0.1, 0.15) is 18.4 Å². The molecule has 0 aliphatic rings. The highest BCUT2D eigenvalue weighted by Gasteiger charge is 2.26. The van der Waals surface area contributed by atoms with Crippen molar-refractivity contribution < 1.29 is 17.9 Å². The Morgan fingerprint density at radius 2 is 1.95 bits per heavy atom. The second kappa shape index (κ2) is 7.75. The van der Waals surface area contributed by atoms with Crippen LogP contribution in [0, 0.1) is 11.3 Å². The SMILES string of the molecule is CN(CCCOc1ccccc1C#N)CCC(F)(F)F. The van der Waals surface area contributed by atoms with Crippen molar-refractivity contribution in [1.29, 1.82) is 5.26 Å². The molecule has 0 bridgehead atoms. The Morgan fingerprint density at radius 1 is 1.25 bits per heavy atom. The zero-order chi connectivity index (χ0) is 15.0. The maximum atomic E-state index is 12.0. The molecule has 0 saturated carbocycles. The zero-order valence-corrected chi connectivity index (χ0v) is 11.3. The molecular formula is C14H17F3N2O. The van der Waals surface area contributed by atoms with Gasteiger partial charge in [0.1, 0.15) is 11.8 Å². The van der Waals surface area contributed by atoms with Gasteiger partial charge in [0.25, 0.3) is 0 Å². The molecule has 0 amide bonds. The summed E-state index contributed by atoms with van der Waals surface area (Å²) in [7, 11) is 1.65. The molecule has 3 nitrogen and oxygen atoms in total. The Morgan fingerprint density at radius 3 is 2.60 bits per heavy atom. The Bertz CT molecular complexity index is 454. The summed E-state index contributed by atoms with van der Waals surface area (Å²) in [6, 6.07) is 8.90. The van der Waals surface area contributed by atoms with Crippen molar-refractivity contribution in [2.75, 3.05) is 26.7 Å². The standard InChI is InChI=1S/C14H17F3N2O/c1-19(9-7-14(15,16)17)8-4-10-20-13-6-3-2-5-12(13)11-18/h2-3,5-6H,4,7-10H2,1H3. The summed E-state index contributed by atoms with van der Waals surface area (Å²) in [6.07, 6.45) is -4.31. The predicted molar refractivity (Wildman–Crippen MR) is 69.4 cm³/mol. The Labute approximate surface area is 116 Å². The zero-order valence-electron chi connectivity index (χ0n) is 11.3. The summed E-state index contributed by atoms with van der Waals surface area (Å²) in [5.41, 5.74) is 0.456. The molecular weight excluding hydrogens is 269 g/mol. The van der Waals surface area contributed by atoms with Gasteiger partial charge in [0.15, 0.2) is 0 Å². The fourth-order valence-electron chi connectivity index (χ4n) is 1.63. The predicted octanol–water partition coefficient (Wildman–Crippen LogP) is 3.21. The number of rotatable bonds is 7. The molecule has 0 fully saturated rings. The van der Waals surface area contributed by atoms with Crippen LogP contribution in [-0.2, 0) is 0 Å². The number of para-hydroxylation sites is 1. The van der Waals surface area contributed by atoms with Crippen LogP contribution in [0.25, 0.3) is 0 Å². The van der Waals surface area contributed by atoms with Crippen LogP contribution in [0.4, 0.5) is 13.2 Å². The Balaban J connectivity index is 2.23. The summed E-state index contributed by atoms with van der Waals surface area (Å²) < 4.78 is 41.5. The summed E-state index contributed by atoms with van der Waals surface area (Å²) >= 11 is 0. The van der Waals surface area contributed by atoms with Gasteiger partial charge in [-0.05, 0) is 25.6 Å². The highest BCUT2D eigenvalue weighted by molar-refractivity contribution is 5.42. The Hall–Kier alpha value is -1.74. The second-order valence-electron chi connectivity index (χ2n) is 4.48. The lowest BCUT2D eigenvalue weighted by Crippen LogP contribution is -2.26. The van der Waals surface area contributed by atoms with Gasteiger partial charge in [-0.1, -0.05) is 12.1 Å². The lowest BCUT2D eigenvalue weighted by molar-refractivity contribution is -0.137. The van der Waals surface area contributed by atoms with E-state index in [2.05, 4.69) is 0 Å². The largest absolute Gasteiger partial charge is 0.492 e. The van der Waals surface area contributed by atoms with Gasteiger partial charge in [-0.15, -0.1) is 0 Å². The first-order valence-electron chi connectivity index (χ1n) is 6.29. The maximum absolute atomic E-state index is 12.0. The minimum Gasteiger partial charge on any atom is -0.492 e. The lowest BCUT2D eigenvalue weighted by Gasteiger charge is -2.17. The number of alkyl halides is 3. The van der Waals surface area contributed by atoms with Crippen LogP contribution in [0.15, 0.2) is 24.3 Å². The van der Waals surface area contributed by atoms with Gasteiger partial charge < -0.3 is 9.64 Å². The molecule has 0 heterocycles. The molecule has 0 aliphatic heterocycles. The quantitative estimate of drug-likeness (QED) is 0.722. The fraction of sp³-hybridized carbons (Fsp3) is 0.500. The van der Waals surface area contributed by atoms with Crippen LogP contribution in [0.3, 0.4) is 0 Å². The van der Waals surface area contributed by atoms with Gasteiger partial charge in [0.05, 0.1) is 18.6 Å². The first kappa shape index (κ1) is 16.3. The molecule has 0 atom stereocenters. The first-order chi connectivity index (χ1) is 9.42. The Kier molecular flexibility index (Phi) is 6.32. The van der Waals surface area contributed by atoms with Crippen molar-refractivity contribution >= 4 is 0 Å². The van der Waals surface area contributed by atoms with Gasteiger partial charge in [-0.3, -0.25) is 0 Å². The van der Waals surface area contributed by atoms with Crippen molar-refractivity contribution in [2.24, 2.45) is 0 Å². The first-order valence-corrected chi connectivity index (χ1v) is 6.29. The fourth-order valence-corrected chi connectivity index (χ4v) is 1.63. The van der Waals surface area contributed by atoms with E-state index in [1.165, 1.54) is 0 Å². The summed E-state index contributed by atoms with van der Waals surface area (Å²) in [4.78, 5) is 1.62. The van der Waals surface area contributed by atoms with E-state index in [-0.39, 0.29) is 6.54 Å². The molecule has 1 aromatic rings. The normalized spacial score (nSPS) is 11.4. The third kappa shape index (κ3) is 6.43. The maximum Gasteiger partial charge on any atom is 0.390 e. The third-order valence-corrected chi connectivity index (χ3v) is 2.73. The van der Waals surface area contributed by atoms with Crippen LogP contribution < -0.4 is 4.74 Å². The molecule has 0 spiro atoms. The average molecular weight is 286 g/mol. The van der Waals surface area contributed by atoms with E-state index in [0.717, 1.165) is 0 Å². The molecule has 6 heteroatoms. The van der Waals surface area contributed by atoms with Crippen molar-refractivity contribution in [3.8, 4) is 11.8 Å². The number of ether oxygens (including phenoxy) is 1. The highest BCUT2D eigenvalue weighted by Crippen LogP contribution is 2.19. The molecule has 1 aromatic carbocycles. The minimum absolute atomic E-state index is 0.0156. The number of hydrogen-bond acceptors (Lipinski definition) is 3. The van der Waals surface area contributed by atoms with E-state index in [1.54, 1.807) is 36.2 Å². The number of nitrogens with zero attached hydrogens (tertiary/aromatic N) is 2. The molecule has 0 N–H and O–H groups in total. The highest BCUT2D eigenvalue weighted by atomic mass is 19.4. The van der Waals surface area contributed by atoms with Gasteiger partial charge in [-0.2, -0.15) is 18.4 Å². The number of benzene rings is 1. The lowest BCUT2D eigenvalue weighted by atomic mass is 10.2. The van der Waals surface area contributed by atoms with E-state index < -0.39 is 12.6 Å². The minimum atomic E-state index is -4.11. The molecule has 20 heavy (non-hydrogen) atoms. The van der Waals surface area contributed by atoms with E-state index in [0.29, 0.717) is 30.9 Å². The monoisotopic (exact) mass is 286 g/mol. The number of halogens is 3. The third-order valence-electron chi connectivity index (χ3n) is 2.73. The summed E-state index contributed by atoms with van der Waals surface area (Å²) in [6.45, 7) is 0.873. The average Bonchev–Trinajstić information content (AvgIpc) is 2.41. The topological polar surface area (TPSA) is 36.3 Å². The smallest absolute Gasteiger partial charge is 0.390 e.